The highest BCUT2D eigenvalue weighted by Gasteiger charge is 2.10. The topological polar surface area (TPSA) is 36.1 Å². The van der Waals surface area contributed by atoms with E-state index in [0.29, 0.717) is 0 Å². The zero-order valence-corrected chi connectivity index (χ0v) is 8.44. The summed E-state index contributed by atoms with van der Waals surface area (Å²) in [6.45, 7) is 6.15. The Labute approximate surface area is 79.5 Å². The van der Waals surface area contributed by atoms with Crippen molar-refractivity contribution in [3.63, 3.8) is 0 Å². The van der Waals surface area contributed by atoms with Crippen molar-refractivity contribution in [2.45, 2.75) is 27.2 Å². The average molecular weight is 179 g/mol. The van der Waals surface area contributed by atoms with Gasteiger partial charge in [-0.2, -0.15) is 0 Å². The molecular weight excluding hydrogens is 162 g/mol. The number of nitrogens with one attached hydrogen (secondary N) is 3. The monoisotopic (exact) mass is 179 g/mol. The molecule has 0 bridgehead atoms. The smallest absolute Gasteiger partial charge is 0.0782 e. The molecule has 0 saturated heterocycles. The quantitative estimate of drug-likeness (QED) is 0.620. The van der Waals surface area contributed by atoms with Crippen molar-refractivity contribution in [1.29, 1.82) is 0 Å². The molecule has 1 aromatic carbocycles. The summed E-state index contributed by atoms with van der Waals surface area (Å²) in [6.07, 6.45) is 1.06. The molecule has 1 aliphatic rings. The lowest BCUT2D eigenvalue weighted by Gasteiger charge is -2.02. The first kappa shape index (κ1) is 9.86. The highest BCUT2D eigenvalue weighted by molar-refractivity contribution is 5.74. The molecule has 0 aromatic heterocycles. The van der Waals surface area contributed by atoms with Crippen LogP contribution in [0.5, 0.6) is 0 Å². The van der Waals surface area contributed by atoms with Gasteiger partial charge < -0.3 is 10.9 Å². The number of para-hydroxylation sites is 1. The van der Waals surface area contributed by atoms with Crippen molar-refractivity contribution >= 4 is 11.4 Å². The first-order valence-electron chi connectivity index (χ1n) is 4.80. The van der Waals surface area contributed by atoms with E-state index in [1.807, 2.05) is 19.9 Å². The Kier molecular flexibility index (Phi) is 3.58. The van der Waals surface area contributed by atoms with Crippen LogP contribution in [0.1, 0.15) is 26.3 Å². The first-order valence-corrected chi connectivity index (χ1v) is 4.80. The molecule has 1 aliphatic heterocycles. The van der Waals surface area contributed by atoms with Crippen LogP contribution in [0.25, 0.3) is 0 Å². The van der Waals surface area contributed by atoms with E-state index in [1.165, 1.54) is 11.3 Å². The van der Waals surface area contributed by atoms with E-state index in [4.69, 9.17) is 0 Å². The molecule has 72 valence electrons. The van der Waals surface area contributed by atoms with Crippen molar-refractivity contribution in [2.24, 2.45) is 0 Å². The third-order valence-electron chi connectivity index (χ3n) is 1.92. The maximum absolute atomic E-state index is 3.06. The summed E-state index contributed by atoms with van der Waals surface area (Å²) in [5.74, 6) is 0. The maximum Gasteiger partial charge on any atom is 0.0782 e. The van der Waals surface area contributed by atoms with Crippen molar-refractivity contribution in [3.8, 4) is 0 Å². The zero-order chi connectivity index (χ0) is 9.68. The van der Waals surface area contributed by atoms with Crippen molar-refractivity contribution in [1.82, 2.24) is 5.53 Å². The molecule has 0 atom stereocenters. The summed E-state index contributed by atoms with van der Waals surface area (Å²) in [5.41, 5.74) is 12.6. The first-order chi connectivity index (χ1) is 6.42. The maximum atomic E-state index is 3.06. The number of benzene rings is 1. The molecule has 3 heteroatoms. The van der Waals surface area contributed by atoms with Gasteiger partial charge in [-0.05, 0) is 18.1 Å². The summed E-state index contributed by atoms with van der Waals surface area (Å²) in [5, 5.41) is 0. The van der Waals surface area contributed by atoms with E-state index in [9.17, 15) is 0 Å². The number of hydrogen-bond donors (Lipinski definition) is 3. The number of hydrazine groups is 2. The van der Waals surface area contributed by atoms with E-state index >= 15 is 0 Å². The van der Waals surface area contributed by atoms with Gasteiger partial charge in [-0.1, -0.05) is 32.9 Å². The highest BCUT2D eigenvalue weighted by Crippen LogP contribution is 2.27. The van der Waals surface area contributed by atoms with Gasteiger partial charge in [0.1, 0.15) is 0 Å². The molecule has 0 saturated carbocycles. The molecule has 13 heavy (non-hydrogen) atoms. The van der Waals surface area contributed by atoms with Gasteiger partial charge in [-0.15, -0.1) is 5.53 Å². The van der Waals surface area contributed by atoms with Crippen molar-refractivity contribution < 1.29 is 0 Å². The van der Waals surface area contributed by atoms with E-state index in [1.54, 1.807) is 0 Å². The van der Waals surface area contributed by atoms with Gasteiger partial charge in [0.25, 0.3) is 0 Å². The fourth-order valence-corrected chi connectivity index (χ4v) is 1.31. The lowest BCUT2D eigenvalue weighted by molar-refractivity contribution is 1.00. The molecule has 0 unspecified atom stereocenters. The minimum absolute atomic E-state index is 1.06. The number of aryl methyl sites for hydroxylation is 1. The third kappa shape index (κ3) is 1.92. The molecule has 2 rings (SSSR count). The van der Waals surface area contributed by atoms with Crippen LogP contribution in [-0.4, -0.2) is 0 Å². The Balaban J connectivity index is 0.000000396. The van der Waals surface area contributed by atoms with Gasteiger partial charge in [-0.25, -0.2) is 0 Å². The van der Waals surface area contributed by atoms with Crippen molar-refractivity contribution in [2.75, 3.05) is 10.9 Å². The zero-order valence-electron chi connectivity index (χ0n) is 8.44. The molecule has 0 fully saturated rings. The largest absolute Gasteiger partial charge is 0.302 e. The molecule has 0 spiro atoms. The summed E-state index contributed by atoms with van der Waals surface area (Å²) < 4.78 is 0. The summed E-state index contributed by atoms with van der Waals surface area (Å²) in [7, 11) is 0. The summed E-state index contributed by atoms with van der Waals surface area (Å²) >= 11 is 0. The van der Waals surface area contributed by atoms with Crippen LogP contribution < -0.4 is 16.4 Å². The predicted molar refractivity (Wildman–Crippen MR) is 57.5 cm³/mol. The SMILES string of the molecule is CC.CCc1cccc2c1NNN2. The molecule has 1 heterocycles. The second kappa shape index (κ2) is 4.72. The average Bonchev–Trinajstić information content (AvgIpc) is 2.68. The van der Waals surface area contributed by atoms with Gasteiger partial charge in [0, 0.05) is 0 Å². The Morgan fingerprint density at radius 3 is 2.62 bits per heavy atom. The number of fused-ring (bicyclic) bond motifs is 1. The van der Waals surface area contributed by atoms with E-state index in [-0.39, 0.29) is 0 Å². The second-order valence-corrected chi connectivity index (χ2v) is 2.57. The van der Waals surface area contributed by atoms with Gasteiger partial charge >= 0.3 is 0 Å². The van der Waals surface area contributed by atoms with Gasteiger partial charge in [-0.3, -0.25) is 0 Å². The Hall–Kier alpha value is -1.22. The fourth-order valence-electron chi connectivity index (χ4n) is 1.31. The number of rotatable bonds is 1. The minimum atomic E-state index is 1.06. The molecule has 3 N–H and O–H groups in total. The summed E-state index contributed by atoms with van der Waals surface area (Å²) in [6, 6.07) is 6.22. The molecular formula is C10H17N3. The molecule has 1 aromatic rings. The summed E-state index contributed by atoms with van der Waals surface area (Å²) in [4.78, 5) is 0. The van der Waals surface area contributed by atoms with Crippen LogP contribution in [0.4, 0.5) is 11.4 Å². The third-order valence-corrected chi connectivity index (χ3v) is 1.92. The normalized spacial score (nSPS) is 11.9. The van der Waals surface area contributed by atoms with E-state index in [0.717, 1.165) is 12.1 Å². The van der Waals surface area contributed by atoms with Crippen LogP contribution in [-0.2, 0) is 6.42 Å². The fraction of sp³-hybridized carbons (Fsp3) is 0.400. The van der Waals surface area contributed by atoms with Crippen LogP contribution in [0.2, 0.25) is 0 Å². The predicted octanol–water partition coefficient (Wildman–Crippen LogP) is 2.53. The minimum Gasteiger partial charge on any atom is -0.302 e. The van der Waals surface area contributed by atoms with Crippen LogP contribution >= 0.6 is 0 Å². The molecule has 0 radical (unpaired) electrons. The Morgan fingerprint density at radius 1 is 1.15 bits per heavy atom. The second-order valence-electron chi connectivity index (χ2n) is 2.57. The molecule has 0 aliphatic carbocycles. The van der Waals surface area contributed by atoms with Crippen molar-refractivity contribution in [3.05, 3.63) is 23.8 Å². The van der Waals surface area contributed by atoms with E-state index in [2.05, 4.69) is 35.4 Å². The molecule has 0 amide bonds. The van der Waals surface area contributed by atoms with Gasteiger partial charge in [0.05, 0.1) is 11.4 Å². The standard InChI is InChI=1S/C8H11N3.C2H6/c1-2-6-4-3-5-7-8(6)10-11-9-7;1-2/h3-5,9-11H,2H2,1H3;1-2H3. The van der Waals surface area contributed by atoms with E-state index < -0.39 is 0 Å². The number of hydrogen-bond acceptors (Lipinski definition) is 3. The van der Waals surface area contributed by atoms with Crippen LogP contribution in [0.15, 0.2) is 18.2 Å². The van der Waals surface area contributed by atoms with Crippen LogP contribution in [0, 0.1) is 0 Å². The molecule has 3 nitrogen and oxygen atoms in total. The lowest BCUT2D eigenvalue weighted by atomic mass is 10.1. The lowest BCUT2D eigenvalue weighted by Crippen LogP contribution is -2.19. The Morgan fingerprint density at radius 2 is 1.92 bits per heavy atom. The van der Waals surface area contributed by atoms with Gasteiger partial charge in [0.2, 0.25) is 0 Å². The van der Waals surface area contributed by atoms with Gasteiger partial charge in [0.15, 0.2) is 0 Å². The highest BCUT2D eigenvalue weighted by atomic mass is 15.6. The number of anilines is 2. The van der Waals surface area contributed by atoms with Crippen LogP contribution in [0.3, 0.4) is 0 Å². The Bertz CT molecular complexity index is 271.